The maximum absolute atomic E-state index is 9.02. The summed E-state index contributed by atoms with van der Waals surface area (Å²) in [4.78, 5) is 2.35. The van der Waals surface area contributed by atoms with E-state index in [1.54, 1.807) is 0 Å². The second-order valence-corrected chi connectivity index (χ2v) is 4.73. The van der Waals surface area contributed by atoms with E-state index in [1.807, 2.05) is 0 Å². The molecule has 1 aliphatic heterocycles. The molecule has 0 bridgehead atoms. The largest absolute Gasteiger partial charge is 0.367 e. The number of nitriles is 1. The summed E-state index contributed by atoms with van der Waals surface area (Å²) in [5.74, 6) is 0.182. The van der Waals surface area contributed by atoms with E-state index < -0.39 is 0 Å². The minimum absolute atomic E-state index is 0.182. The highest BCUT2D eigenvalue weighted by Crippen LogP contribution is 2.30. The molecule has 1 saturated heterocycles. The van der Waals surface area contributed by atoms with Crippen molar-refractivity contribution in [3.05, 3.63) is 29.3 Å². The van der Waals surface area contributed by atoms with Crippen LogP contribution in [0.5, 0.6) is 0 Å². The van der Waals surface area contributed by atoms with E-state index in [-0.39, 0.29) is 5.92 Å². The molecular weight excluding hydrogens is 196 g/mol. The molecular formula is C14H18N2. The second kappa shape index (κ2) is 4.17. The van der Waals surface area contributed by atoms with Crippen molar-refractivity contribution in [3.8, 4) is 6.07 Å². The first kappa shape index (κ1) is 11.0. The molecule has 1 heterocycles. The number of aryl methyl sites for hydroxylation is 2. The summed E-state index contributed by atoms with van der Waals surface area (Å²) in [6, 6.07) is 9.29. The van der Waals surface area contributed by atoms with E-state index in [1.165, 1.54) is 16.8 Å². The molecule has 0 radical (unpaired) electrons. The van der Waals surface area contributed by atoms with Crippen LogP contribution in [0, 0.1) is 31.1 Å². The summed E-state index contributed by atoms with van der Waals surface area (Å²) >= 11 is 0. The number of nitrogens with zero attached hydrogens (tertiary/aromatic N) is 2. The molecule has 2 atom stereocenters. The Morgan fingerprint density at radius 3 is 2.62 bits per heavy atom. The Morgan fingerprint density at radius 1 is 1.31 bits per heavy atom. The molecule has 84 valence electrons. The maximum Gasteiger partial charge on any atom is 0.0681 e. The SMILES string of the molecule is Cc1ccc(N2CCC(C#N)C2C)cc1C. The molecule has 0 saturated carbocycles. The van der Waals surface area contributed by atoms with Gasteiger partial charge in [0.1, 0.15) is 0 Å². The molecule has 16 heavy (non-hydrogen) atoms. The van der Waals surface area contributed by atoms with Gasteiger partial charge in [-0.2, -0.15) is 5.26 Å². The van der Waals surface area contributed by atoms with Gasteiger partial charge < -0.3 is 4.90 Å². The lowest BCUT2D eigenvalue weighted by Gasteiger charge is -2.25. The lowest BCUT2D eigenvalue weighted by Crippen LogP contribution is -2.29. The van der Waals surface area contributed by atoms with Crippen LogP contribution in [0.15, 0.2) is 18.2 Å². The van der Waals surface area contributed by atoms with E-state index in [2.05, 4.69) is 49.9 Å². The van der Waals surface area contributed by atoms with Gasteiger partial charge in [-0.1, -0.05) is 6.07 Å². The molecule has 0 aromatic heterocycles. The molecule has 2 nitrogen and oxygen atoms in total. The van der Waals surface area contributed by atoms with Crippen LogP contribution in [0.4, 0.5) is 5.69 Å². The Hall–Kier alpha value is -1.49. The van der Waals surface area contributed by atoms with E-state index in [9.17, 15) is 0 Å². The van der Waals surface area contributed by atoms with Crippen molar-refractivity contribution < 1.29 is 0 Å². The van der Waals surface area contributed by atoms with Crippen molar-refractivity contribution in [1.29, 1.82) is 5.26 Å². The molecule has 2 rings (SSSR count). The van der Waals surface area contributed by atoms with Gasteiger partial charge in [0, 0.05) is 18.3 Å². The summed E-state index contributed by atoms with van der Waals surface area (Å²) in [5.41, 5.74) is 3.91. The summed E-state index contributed by atoms with van der Waals surface area (Å²) in [6.45, 7) is 7.42. The zero-order valence-electron chi connectivity index (χ0n) is 10.2. The molecule has 2 unspecified atom stereocenters. The summed E-state index contributed by atoms with van der Waals surface area (Å²) < 4.78 is 0. The zero-order chi connectivity index (χ0) is 11.7. The number of anilines is 1. The van der Waals surface area contributed by atoms with Crippen LogP contribution in [-0.4, -0.2) is 12.6 Å². The first-order valence-corrected chi connectivity index (χ1v) is 5.87. The van der Waals surface area contributed by atoms with Crippen LogP contribution in [0.1, 0.15) is 24.5 Å². The van der Waals surface area contributed by atoms with Gasteiger partial charge in [0.25, 0.3) is 0 Å². The summed E-state index contributed by atoms with van der Waals surface area (Å²) in [5, 5.41) is 9.02. The molecule has 2 heteroatoms. The van der Waals surface area contributed by atoms with Crippen LogP contribution >= 0.6 is 0 Å². The monoisotopic (exact) mass is 214 g/mol. The maximum atomic E-state index is 9.02. The Kier molecular flexibility index (Phi) is 2.87. The first-order chi connectivity index (χ1) is 7.63. The number of rotatable bonds is 1. The van der Waals surface area contributed by atoms with E-state index in [4.69, 9.17) is 5.26 Å². The third-order valence-corrected chi connectivity index (χ3v) is 3.74. The highest BCUT2D eigenvalue weighted by Gasteiger charge is 2.30. The Bertz CT molecular complexity index is 431. The minimum atomic E-state index is 0.182. The highest BCUT2D eigenvalue weighted by atomic mass is 15.2. The lowest BCUT2D eigenvalue weighted by molar-refractivity contribution is 0.615. The molecule has 0 N–H and O–H groups in total. The standard InChI is InChI=1S/C14H18N2/c1-10-4-5-14(8-11(10)2)16-7-6-13(9-15)12(16)3/h4-5,8,12-13H,6-7H2,1-3H3. The predicted octanol–water partition coefficient (Wildman–Crippen LogP) is 3.04. The van der Waals surface area contributed by atoms with E-state index in [0.717, 1.165) is 13.0 Å². The normalized spacial score (nSPS) is 24.5. The summed E-state index contributed by atoms with van der Waals surface area (Å²) in [7, 11) is 0. The average molecular weight is 214 g/mol. The van der Waals surface area contributed by atoms with Gasteiger partial charge in [-0.3, -0.25) is 0 Å². The fourth-order valence-electron chi connectivity index (χ4n) is 2.38. The van der Waals surface area contributed by atoms with E-state index in [0.29, 0.717) is 6.04 Å². The van der Waals surface area contributed by atoms with Gasteiger partial charge in [-0.25, -0.2) is 0 Å². The zero-order valence-corrected chi connectivity index (χ0v) is 10.2. The van der Waals surface area contributed by atoms with Crippen molar-refractivity contribution in [2.24, 2.45) is 5.92 Å². The van der Waals surface area contributed by atoms with Gasteiger partial charge in [-0.15, -0.1) is 0 Å². The number of benzene rings is 1. The van der Waals surface area contributed by atoms with Crippen LogP contribution in [0.2, 0.25) is 0 Å². The van der Waals surface area contributed by atoms with Crippen LogP contribution in [0.25, 0.3) is 0 Å². The topological polar surface area (TPSA) is 27.0 Å². The fourth-order valence-corrected chi connectivity index (χ4v) is 2.38. The Labute approximate surface area is 97.5 Å². The van der Waals surface area contributed by atoms with Gasteiger partial charge in [0.2, 0.25) is 0 Å². The van der Waals surface area contributed by atoms with Gasteiger partial charge in [0.15, 0.2) is 0 Å². The molecule has 1 aromatic rings. The Morgan fingerprint density at radius 2 is 2.06 bits per heavy atom. The van der Waals surface area contributed by atoms with Crippen molar-refractivity contribution >= 4 is 5.69 Å². The van der Waals surface area contributed by atoms with Gasteiger partial charge in [0.05, 0.1) is 12.0 Å². The minimum Gasteiger partial charge on any atom is -0.367 e. The average Bonchev–Trinajstić information content (AvgIpc) is 2.64. The molecule has 0 amide bonds. The van der Waals surface area contributed by atoms with Crippen LogP contribution in [-0.2, 0) is 0 Å². The smallest absolute Gasteiger partial charge is 0.0681 e. The third kappa shape index (κ3) is 1.78. The number of hydrogen-bond acceptors (Lipinski definition) is 2. The quantitative estimate of drug-likeness (QED) is 0.718. The molecule has 1 aliphatic rings. The molecule has 0 spiro atoms. The highest BCUT2D eigenvalue weighted by molar-refractivity contribution is 5.52. The number of hydrogen-bond donors (Lipinski definition) is 0. The first-order valence-electron chi connectivity index (χ1n) is 5.87. The van der Waals surface area contributed by atoms with Crippen molar-refractivity contribution in [2.45, 2.75) is 33.2 Å². The van der Waals surface area contributed by atoms with E-state index >= 15 is 0 Å². The Balaban J connectivity index is 2.26. The summed E-state index contributed by atoms with van der Waals surface area (Å²) in [6.07, 6.45) is 0.991. The molecule has 0 aliphatic carbocycles. The third-order valence-electron chi connectivity index (χ3n) is 3.74. The van der Waals surface area contributed by atoms with Gasteiger partial charge in [-0.05, 0) is 50.5 Å². The van der Waals surface area contributed by atoms with Crippen molar-refractivity contribution in [3.63, 3.8) is 0 Å². The predicted molar refractivity (Wildman–Crippen MR) is 66.4 cm³/mol. The van der Waals surface area contributed by atoms with Crippen LogP contribution in [0.3, 0.4) is 0 Å². The molecule has 1 fully saturated rings. The van der Waals surface area contributed by atoms with Crippen LogP contribution < -0.4 is 4.90 Å². The second-order valence-electron chi connectivity index (χ2n) is 4.73. The molecule has 1 aromatic carbocycles. The van der Waals surface area contributed by atoms with Crippen molar-refractivity contribution in [2.75, 3.05) is 11.4 Å². The van der Waals surface area contributed by atoms with Crippen molar-refractivity contribution in [1.82, 2.24) is 0 Å². The fraction of sp³-hybridized carbons (Fsp3) is 0.500. The van der Waals surface area contributed by atoms with Gasteiger partial charge >= 0.3 is 0 Å². The lowest BCUT2D eigenvalue weighted by atomic mass is 10.0.